The van der Waals surface area contributed by atoms with Gasteiger partial charge >= 0.3 is 0 Å². The summed E-state index contributed by atoms with van der Waals surface area (Å²) in [5.74, 6) is 0.481. The number of aromatic amines is 1. The van der Waals surface area contributed by atoms with Gasteiger partial charge in [-0.1, -0.05) is 44.2 Å². The van der Waals surface area contributed by atoms with E-state index in [0.29, 0.717) is 5.92 Å². The lowest BCUT2D eigenvalue weighted by Gasteiger charge is -2.09. The zero-order valence-corrected chi connectivity index (χ0v) is 10.2. The molecule has 1 heterocycles. The highest BCUT2D eigenvalue weighted by Crippen LogP contribution is 2.23. The van der Waals surface area contributed by atoms with Crippen LogP contribution in [0.2, 0.25) is 0 Å². The van der Waals surface area contributed by atoms with Gasteiger partial charge in [0.1, 0.15) is 0 Å². The summed E-state index contributed by atoms with van der Waals surface area (Å²) in [5, 5.41) is 0. The van der Waals surface area contributed by atoms with E-state index in [1.165, 1.54) is 0 Å². The average Bonchev–Trinajstić information content (AvgIpc) is 2.87. The molecule has 1 N–H and O–H groups in total. The van der Waals surface area contributed by atoms with E-state index in [9.17, 15) is 4.79 Å². The second-order valence-corrected chi connectivity index (χ2v) is 4.31. The van der Waals surface area contributed by atoms with Crippen LogP contribution < -0.4 is 0 Å². The Bertz CT molecular complexity index is 499. The van der Waals surface area contributed by atoms with Crippen molar-refractivity contribution >= 4 is 5.78 Å². The van der Waals surface area contributed by atoms with Gasteiger partial charge in [0, 0.05) is 11.8 Å². The molecule has 0 fully saturated rings. The van der Waals surface area contributed by atoms with Crippen molar-refractivity contribution in [2.75, 3.05) is 0 Å². The Hall–Kier alpha value is -1.83. The van der Waals surface area contributed by atoms with Gasteiger partial charge in [-0.15, -0.1) is 0 Å². The highest BCUT2D eigenvalue weighted by atomic mass is 16.1. The molecule has 0 aliphatic rings. The van der Waals surface area contributed by atoms with E-state index < -0.39 is 0 Å². The van der Waals surface area contributed by atoms with Crippen LogP contribution >= 0.6 is 0 Å². The van der Waals surface area contributed by atoms with Gasteiger partial charge < -0.3 is 4.98 Å². The number of aromatic nitrogens is 1. The molecular weight excluding hydrogens is 210 g/mol. The number of carbonyl (C=O) groups excluding carboxylic acids is 1. The quantitative estimate of drug-likeness (QED) is 0.792. The summed E-state index contributed by atoms with van der Waals surface area (Å²) in [6.07, 6.45) is 2.88. The van der Waals surface area contributed by atoms with Gasteiger partial charge in [-0.2, -0.15) is 0 Å². The van der Waals surface area contributed by atoms with Crippen molar-refractivity contribution in [3.8, 4) is 0 Å². The van der Waals surface area contributed by atoms with Crippen LogP contribution in [0, 0.1) is 0 Å². The smallest absolute Gasteiger partial charge is 0.209 e. The van der Waals surface area contributed by atoms with Crippen LogP contribution in [-0.4, -0.2) is 10.8 Å². The van der Waals surface area contributed by atoms with Crippen molar-refractivity contribution in [1.82, 2.24) is 4.98 Å². The molecule has 0 aliphatic heterocycles. The number of ketones is 1. The van der Waals surface area contributed by atoms with E-state index in [1.54, 1.807) is 0 Å². The lowest BCUT2D eigenvalue weighted by atomic mass is 9.95. The molecule has 2 nitrogen and oxygen atoms in total. The molecule has 1 aromatic carbocycles. The second-order valence-electron chi connectivity index (χ2n) is 4.31. The van der Waals surface area contributed by atoms with Gasteiger partial charge in [-0.3, -0.25) is 4.79 Å². The van der Waals surface area contributed by atoms with Crippen molar-refractivity contribution in [2.45, 2.75) is 26.2 Å². The maximum Gasteiger partial charge on any atom is 0.209 e. The summed E-state index contributed by atoms with van der Waals surface area (Å²) in [7, 11) is 0. The van der Waals surface area contributed by atoms with Gasteiger partial charge in [-0.25, -0.2) is 0 Å². The van der Waals surface area contributed by atoms with E-state index in [1.807, 2.05) is 42.6 Å². The van der Waals surface area contributed by atoms with Crippen LogP contribution in [0.5, 0.6) is 0 Å². The molecule has 2 heteroatoms. The standard InChI is InChI=1S/C15H17NO/c1-3-11(2)13-9-10-16-14(13)15(17)12-7-5-4-6-8-12/h4-11,16H,3H2,1-2H3. The van der Waals surface area contributed by atoms with Crippen LogP contribution in [0.4, 0.5) is 0 Å². The largest absolute Gasteiger partial charge is 0.358 e. The normalized spacial score (nSPS) is 12.4. The van der Waals surface area contributed by atoms with Crippen molar-refractivity contribution in [3.63, 3.8) is 0 Å². The third-order valence-electron chi connectivity index (χ3n) is 3.19. The van der Waals surface area contributed by atoms with Gasteiger partial charge in [0.2, 0.25) is 5.78 Å². The van der Waals surface area contributed by atoms with Gasteiger partial charge in [0.15, 0.2) is 0 Å². The second kappa shape index (κ2) is 5.00. The first-order valence-electron chi connectivity index (χ1n) is 6.01. The van der Waals surface area contributed by atoms with E-state index >= 15 is 0 Å². The first-order chi connectivity index (χ1) is 8.24. The van der Waals surface area contributed by atoms with Crippen molar-refractivity contribution < 1.29 is 4.79 Å². The molecule has 0 saturated carbocycles. The third kappa shape index (κ3) is 2.31. The maximum atomic E-state index is 12.3. The minimum Gasteiger partial charge on any atom is -0.358 e. The first kappa shape index (κ1) is 11.6. The zero-order valence-electron chi connectivity index (χ0n) is 10.2. The van der Waals surface area contributed by atoms with Crippen molar-refractivity contribution in [1.29, 1.82) is 0 Å². The van der Waals surface area contributed by atoms with Crippen LogP contribution in [-0.2, 0) is 0 Å². The fraction of sp³-hybridized carbons (Fsp3) is 0.267. The maximum absolute atomic E-state index is 12.3. The molecule has 17 heavy (non-hydrogen) atoms. The van der Waals surface area contributed by atoms with Crippen LogP contribution in [0.25, 0.3) is 0 Å². The number of carbonyl (C=O) groups is 1. The monoisotopic (exact) mass is 227 g/mol. The molecular formula is C15H17NO. The van der Waals surface area contributed by atoms with E-state index in [0.717, 1.165) is 23.2 Å². The molecule has 0 bridgehead atoms. The third-order valence-corrected chi connectivity index (χ3v) is 3.19. The fourth-order valence-corrected chi connectivity index (χ4v) is 1.94. The summed E-state index contributed by atoms with van der Waals surface area (Å²) in [6.45, 7) is 4.28. The number of rotatable bonds is 4. The molecule has 0 spiro atoms. The van der Waals surface area contributed by atoms with Crippen LogP contribution in [0.1, 0.15) is 47.8 Å². The lowest BCUT2D eigenvalue weighted by molar-refractivity contribution is 0.103. The highest BCUT2D eigenvalue weighted by Gasteiger charge is 2.17. The van der Waals surface area contributed by atoms with Gasteiger partial charge in [0.25, 0.3) is 0 Å². The highest BCUT2D eigenvalue weighted by molar-refractivity contribution is 6.08. The summed E-state index contributed by atoms with van der Waals surface area (Å²) >= 11 is 0. The molecule has 1 aromatic heterocycles. The lowest BCUT2D eigenvalue weighted by Crippen LogP contribution is -2.06. The molecule has 1 unspecified atom stereocenters. The van der Waals surface area contributed by atoms with E-state index in [-0.39, 0.29) is 5.78 Å². The Balaban J connectivity index is 2.35. The fourth-order valence-electron chi connectivity index (χ4n) is 1.94. The van der Waals surface area contributed by atoms with Crippen molar-refractivity contribution in [3.05, 3.63) is 59.4 Å². The zero-order chi connectivity index (χ0) is 12.3. The number of benzene rings is 1. The summed E-state index contributed by atoms with van der Waals surface area (Å²) in [5.41, 5.74) is 2.58. The van der Waals surface area contributed by atoms with Crippen LogP contribution in [0.15, 0.2) is 42.6 Å². The number of H-pyrrole nitrogens is 1. The molecule has 0 saturated heterocycles. The number of nitrogens with one attached hydrogen (secondary N) is 1. The molecule has 0 radical (unpaired) electrons. The Labute approximate surface area is 102 Å². The first-order valence-corrected chi connectivity index (χ1v) is 6.01. The summed E-state index contributed by atoms with van der Waals surface area (Å²) in [4.78, 5) is 15.4. The Morgan fingerprint density at radius 3 is 2.59 bits per heavy atom. The summed E-state index contributed by atoms with van der Waals surface area (Å²) in [6, 6.07) is 11.4. The van der Waals surface area contributed by atoms with Crippen LogP contribution in [0.3, 0.4) is 0 Å². The SMILES string of the molecule is CCC(C)c1cc[nH]c1C(=O)c1ccccc1. The molecule has 2 aromatic rings. The van der Waals surface area contributed by atoms with Gasteiger partial charge in [-0.05, 0) is 24.0 Å². The molecule has 88 valence electrons. The molecule has 0 aliphatic carbocycles. The minimum absolute atomic E-state index is 0.0749. The minimum atomic E-state index is 0.0749. The predicted octanol–water partition coefficient (Wildman–Crippen LogP) is 3.76. The summed E-state index contributed by atoms with van der Waals surface area (Å²) < 4.78 is 0. The Kier molecular flexibility index (Phi) is 3.43. The van der Waals surface area contributed by atoms with E-state index in [2.05, 4.69) is 18.8 Å². The molecule has 2 rings (SSSR count). The predicted molar refractivity (Wildman–Crippen MR) is 69.4 cm³/mol. The molecule has 1 atom stereocenters. The van der Waals surface area contributed by atoms with Gasteiger partial charge in [0.05, 0.1) is 5.69 Å². The Morgan fingerprint density at radius 2 is 1.94 bits per heavy atom. The van der Waals surface area contributed by atoms with E-state index in [4.69, 9.17) is 0 Å². The molecule has 0 amide bonds. The average molecular weight is 227 g/mol. The van der Waals surface area contributed by atoms with Crippen molar-refractivity contribution in [2.24, 2.45) is 0 Å². The Morgan fingerprint density at radius 1 is 1.24 bits per heavy atom. The topological polar surface area (TPSA) is 32.9 Å². The number of hydrogen-bond acceptors (Lipinski definition) is 1. The number of hydrogen-bond donors (Lipinski definition) is 1.